The fraction of sp³-hybridized carbons (Fsp3) is 0.556. The molecule has 0 bridgehead atoms. The van der Waals surface area contributed by atoms with Crippen LogP contribution in [-0.4, -0.2) is 37.5 Å². The van der Waals surface area contributed by atoms with E-state index in [0.717, 1.165) is 19.3 Å². The second kappa shape index (κ2) is 8.64. The number of carboxylic acids is 1. The van der Waals surface area contributed by atoms with Gasteiger partial charge in [-0.15, -0.1) is 0 Å². The van der Waals surface area contributed by atoms with Crippen LogP contribution in [0.4, 0.5) is 0 Å². The lowest BCUT2D eigenvalue weighted by molar-refractivity contribution is -0.142. The van der Waals surface area contributed by atoms with Gasteiger partial charge in [0.25, 0.3) is 5.91 Å². The van der Waals surface area contributed by atoms with Crippen molar-refractivity contribution in [2.75, 3.05) is 0 Å². The molecule has 1 fully saturated rings. The van der Waals surface area contributed by atoms with Crippen molar-refractivity contribution in [2.24, 2.45) is 5.92 Å². The first-order valence-corrected chi connectivity index (χ1v) is 10.3. The van der Waals surface area contributed by atoms with E-state index in [-0.39, 0.29) is 16.8 Å². The summed E-state index contributed by atoms with van der Waals surface area (Å²) in [7, 11) is -3.61. The minimum absolute atomic E-state index is 0.0839. The zero-order valence-electron chi connectivity index (χ0n) is 15.1. The lowest BCUT2D eigenvalue weighted by Crippen LogP contribution is -2.42. The first-order valence-electron chi connectivity index (χ1n) is 8.87. The number of rotatable bonds is 6. The third-order valence-corrected chi connectivity index (χ3v) is 6.14. The minimum Gasteiger partial charge on any atom is -0.481 e. The maximum Gasteiger partial charge on any atom is 0.308 e. The molecule has 1 aromatic rings. The van der Waals surface area contributed by atoms with Crippen molar-refractivity contribution in [1.29, 1.82) is 0 Å². The van der Waals surface area contributed by atoms with Gasteiger partial charge in [0.1, 0.15) is 0 Å². The highest BCUT2D eigenvalue weighted by Crippen LogP contribution is 2.24. The highest BCUT2D eigenvalue weighted by atomic mass is 32.2. The Morgan fingerprint density at radius 2 is 1.69 bits per heavy atom. The number of hydrogen-bond donors (Lipinski definition) is 3. The van der Waals surface area contributed by atoms with Gasteiger partial charge in [0.15, 0.2) is 0 Å². The fourth-order valence-corrected chi connectivity index (χ4v) is 4.44. The number of amides is 1. The molecule has 7 nitrogen and oxygen atoms in total. The Bertz CT molecular complexity index is 743. The molecule has 0 aromatic heterocycles. The quantitative estimate of drug-likeness (QED) is 0.653. The Hall–Kier alpha value is -1.93. The largest absolute Gasteiger partial charge is 0.481 e. The first-order chi connectivity index (χ1) is 12.2. The number of nitrogens with one attached hydrogen (secondary N) is 2. The number of hydrogen-bond acceptors (Lipinski definition) is 4. The van der Waals surface area contributed by atoms with Crippen LogP contribution in [0.2, 0.25) is 0 Å². The first kappa shape index (κ1) is 20.4. The third-order valence-electron chi connectivity index (χ3n) is 4.47. The van der Waals surface area contributed by atoms with Gasteiger partial charge in [-0.25, -0.2) is 13.1 Å². The summed E-state index contributed by atoms with van der Waals surface area (Å²) >= 11 is 0. The second-order valence-corrected chi connectivity index (χ2v) is 8.68. The van der Waals surface area contributed by atoms with E-state index in [1.165, 1.54) is 24.3 Å². The molecule has 1 aromatic carbocycles. The second-order valence-electron chi connectivity index (χ2n) is 6.96. The molecule has 0 heterocycles. The van der Waals surface area contributed by atoms with Gasteiger partial charge in [0.2, 0.25) is 10.0 Å². The van der Waals surface area contributed by atoms with E-state index in [4.69, 9.17) is 0 Å². The molecular weight excluding hydrogens is 356 g/mol. The lowest BCUT2D eigenvalue weighted by Gasteiger charge is -2.23. The highest BCUT2D eigenvalue weighted by Gasteiger charge is 2.30. The minimum atomic E-state index is -3.61. The molecule has 2 atom stereocenters. The van der Waals surface area contributed by atoms with Crippen LogP contribution in [0, 0.1) is 5.92 Å². The highest BCUT2D eigenvalue weighted by molar-refractivity contribution is 7.89. The van der Waals surface area contributed by atoms with Gasteiger partial charge >= 0.3 is 5.97 Å². The van der Waals surface area contributed by atoms with Crippen LogP contribution < -0.4 is 10.0 Å². The number of benzene rings is 1. The smallest absolute Gasteiger partial charge is 0.308 e. The van der Waals surface area contributed by atoms with Crippen molar-refractivity contribution in [3.63, 3.8) is 0 Å². The van der Waals surface area contributed by atoms with E-state index < -0.39 is 28.0 Å². The number of carbonyl (C=O) groups excluding carboxylic acids is 1. The Morgan fingerprint density at radius 3 is 2.27 bits per heavy atom. The zero-order chi connectivity index (χ0) is 19.3. The van der Waals surface area contributed by atoms with Crippen molar-refractivity contribution in [3.8, 4) is 0 Å². The van der Waals surface area contributed by atoms with E-state index in [9.17, 15) is 23.1 Å². The molecule has 3 N–H and O–H groups in total. The average Bonchev–Trinajstić information content (AvgIpc) is 2.79. The van der Waals surface area contributed by atoms with Gasteiger partial charge < -0.3 is 10.4 Å². The fourth-order valence-electron chi connectivity index (χ4n) is 3.19. The van der Waals surface area contributed by atoms with Gasteiger partial charge in [0.05, 0.1) is 10.8 Å². The van der Waals surface area contributed by atoms with Crippen LogP contribution in [0.3, 0.4) is 0 Å². The average molecular weight is 382 g/mol. The van der Waals surface area contributed by atoms with Crippen LogP contribution >= 0.6 is 0 Å². The number of sulfonamides is 1. The lowest BCUT2D eigenvalue weighted by atomic mass is 9.94. The van der Waals surface area contributed by atoms with Crippen molar-refractivity contribution >= 4 is 21.9 Å². The predicted octanol–water partition coefficient (Wildman–Crippen LogP) is 2.14. The standard InChI is InChI=1S/C18H26N2O5S/c1-12(2)20-26(24,25)14-10-8-13(9-11-14)17(21)19-16-7-5-3-4-6-15(16)18(22)23/h8-12,15-16,20H,3-7H2,1-2H3,(H,19,21)(H,22,23)/t15-,16+/m1/s1. The van der Waals surface area contributed by atoms with Gasteiger partial charge in [-0.3, -0.25) is 9.59 Å². The van der Waals surface area contributed by atoms with Crippen molar-refractivity contribution < 1.29 is 23.1 Å². The van der Waals surface area contributed by atoms with Gasteiger partial charge in [-0.05, 0) is 51.0 Å². The maximum atomic E-state index is 12.5. The van der Waals surface area contributed by atoms with E-state index in [2.05, 4.69) is 10.0 Å². The zero-order valence-corrected chi connectivity index (χ0v) is 15.9. The Morgan fingerprint density at radius 1 is 1.08 bits per heavy atom. The van der Waals surface area contributed by atoms with Gasteiger partial charge in [-0.2, -0.15) is 0 Å². The van der Waals surface area contributed by atoms with Gasteiger partial charge in [-0.1, -0.05) is 19.3 Å². The molecule has 1 aliphatic rings. The van der Waals surface area contributed by atoms with Crippen molar-refractivity contribution in [1.82, 2.24) is 10.0 Å². The van der Waals surface area contributed by atoms with Crippen LogP contribution in [0.25, 0.3) is 0 Å². The molecule has 1 saturated carbocycles. The van der Waals surface area contributed by atoms with E-state index in [1.807, 2.05) is 0 Å². The van der Waals surface area contributed by atoms with Crippen LogP contribution in [-0.2, 0) is 14.8 Å². The molecule has 1 aliphatic carbocycles. The summed E-state index contributed by atoms with van der Waals surface area (Å²) in [6.07, 6.45) is 3.88. The summed E-state index contributed by atoms with van der Waals surface area (Å²) in [5, 5.41) is 12.2. The molecule has 1 amide bonds. The van der Waals surface area contributed by atoms with E-state index in [0.29, 0.717) is 18.4 Å². The monoisotopic (exact) mass is 382 g/mol. The van der Waals surface area contributed by atoms with E-state index >= 15 is 0 Å². The molecule has 144 valence electrons. The van der Waals surface area contributed by atoms with Crippen LogP contribution in [0.5, 0.6) is 0 Å². The Labute approximate surface area is 154 Å². The molecule has 2 rings (SSSR count). The molecule has 8 heteroatoms. The SMILES string of the molecule is CC(C)NS(=O)(=O)c1ccc(C(=O)N[C@H]2CCCCC[C@H]2C(=O)O)cc1. The number of carbonyl (C=O) groups is 2. The number of carboxylic acid groups (broad SMARTS) is 1. The molecule has 0 saturated heterocycles. The summed E-state index contributed by atoms with van der Waals surface area (Å²) in [6, 6.07) is 5.00. The van der Waals surface area contributed by atoms with Crippen molar-refractivity contribution in [3.05, 3.63) is 29.8 Å². The normalized spacial score (nSPS) is 21.2. The topological polar surface area (TPSA) is 113 Å². The summed E-state index contributed by atoms with van der Waals surface area (Å²) in [4.78, 5) is 24.0. The van der Waals surface area contributed by atoms with Crippen molar-refractivity contribution in [2.45, 2.75) is 62.9 Å². The molecule has 26 heavy (non-hydrogen) atoms. The van der Waals surface area contributed by atoms with Gasteiger partial charge in [0, 0.05) is 17.6 Å². The molecule has 0 radical (unpaired) electrons. The van der Waals surface area contributed by atoms with Crippen LogP contribution in [0.15, 0.2) is 29.2 Å². The summed E-state index contributed by atoms with van der Waals surface area (Å²) < 4.78 is 26.7. The summed E-state index contributed by atoms with van der Waals surface area (Å²) in [6.45, 7) is 3.45. The maximum absolute atomic E-state index is 12.5. The molecule has 0 unspecified atom stereocenters. The predicted molar refractivity (Wildman–Crippen MR) is 97.4 cm³/mol. The molecular formula is C18H26N2O5S. The van der Waals surface area contributed by atoms with E-state index in [1.54, 1.807) is 13.8 Å². The molecule has 0 aliphatic heterocycles. The Kier molecular flexibility index (Phi) is 6.77. The Balaban J connectivity index is 2.11. The third kappa shape index (κ3) is 5.28. The van der Waals surface area contributed by atoms with Crippen LogP contribution in [0.1, 0.15) is 56.3 Å². The summed E-state index contributed by atoms with van der Waals surface area (Å²) in [5.41, 5.74) is 0.307. The summed E-state index contributed by atoms with van der Waals surface area (Å²) in [5.74, 6) is -1.86. The number of aliphatic carboxylic acids is 1. The molecule has 0 spiro atoms.